The molecule has 0 aromatic heterocycles. The summed E-state index contributed by atoms with van der Waals surface area (Å²) in [5.41, 5.74) is -0.236. The normalized spacial score (nSPS) is 27.4. The number of aliphatic hydroxyl groups is 1. The minimum atomic E-state index is -1.65. The van der Waals surface area contributed by atoms with Crippen molar-refractivity contribution in [3.63, 3.8) is 0 Å². The lowest BCUT2D eigenvalue weighted by Gasteiger charge is -2.41. The summed E-state index contributed by atoms with van der Waals surface area (Å²) < 4.78 is 28.4. The van der Waals surface area contributed by atoms with Crippen molar-refractivity contribution in [2.75, 3.05) is 33.2 Å². The number of hydrogen-bond donors (Lipinski definition) is 3. The number of ether oxygens (including phenoxy) is 5. The van der Waals surface area contributed by atoms with Gasteiger partial charge < -0.3 is 39.0 Å². The van der Waals surface area contributed by atoms with Gasteiger partial charge in [-0.05, 0) is 65.8 Å². The van der Waals surface area contributed by atoms with E-state index in [4.69, 9.17) is 35.3 Å². The molecule has 1 aromatic carbocycles. The van der Waals surface area contributed by atoms with Crippen molar-refractivity contribution in [3.8, 4) is 5.75 Å². The largest absolute Gasteiger partial charge is 0.495 e. The number of anilines is 1. The van der Waals surface area contributed by atoms with Gasteiger partial charge in [0.25, 0.3) is 0 Å². The number of methoxy groups -OCH3 is 2. The third-order valence-electron chi connectivity index (χ3n) is 9.12. The minimum absolute atomic E-state index is 0.0388. The summed E-state index contributed by atoms with van der Waals surface area (Å²) in [5, 5.41) is 16.7. The zero-order valence-electron chi connectivity index (χ0n) is 27.9. The Hall–Kier alpha value is -2.90. The van der Waals surface area contributed by atoms with E-state index in [0.717, 1.165) is 11.1 Å². The van der Waals surface area contributed by atoms with Crippen molar-refractivity contribution in [3.05, 3.63) is 34.4 Å². The fourth-order valence-corrected chi connectivity index (χ4v) is 5.84. The molecule has 2 aliphatic rings. The number of epoxide rings is 1. The van der Waals surface area contributed by atoms with E-state index in [0.29, 0.717) is 17.9 Å². The standard InChI is InChI=1S/C32H48ClN3O9/c1-11-17(2)12-21-13-22(27(33)23(14-21)42-10)36(8)26(37)15-25(44-29(38)19(4)34-7)31(6)28(45-31)18(3)24-16-32(40,20(5)41-9)35-30(39)43-24/h11,13-14,18-20,24-25,28,34,40H,12,15-16H2,1-10H3,(H,35,39)/b17-11+/t18-,19+,20-,24+,25+,28+,31+,32+/m1/s1. The molecular formula is C32H48ClN3O9. The Balaban J connectivity index is 1.88. The van der Waals surface area contributed by atoms with E-state index in [-0.39, 0.29) is 23.8 Å². The lowest BCUT2D eigenvalue weighted by Crippen LogP contribution is -2.63. The maximum absolute atomic E-state index is 13.8. The van der Waals surface area contributed by atoms with Crippen LogP contribution in [-0.4, -0.2) is 93.2 Å². The van der Waals surface area contributed by atoms with Gasteiger partial charge in [-0.2, -0.15) is 0 Å². The summed E-state index contributed by atoms with van der Waals surface area (Å²) in [6.45, 7) is 10.8. The van der Waals surface area contributed by atoms with Crippen LogP contribution in [0.15, 0.2) is 23.8 Å². The Bertz CT molecular complexity index is 1290. The molecule has 252 valence electrons. The van der Waals surface area contributed by atoms with Crippen molar-refractivity contribution in [2.45, 2.75) is 103 Å². The Morgan fingerprint density at radius 1 is 1.29 bits per heavy atom. The van der Waals surface area contributed by atoms with Crippen LogP contribution in [0.3, 0.4) is 0 Å². The van der Waals surface area contributed by atoms with Crippen LogP contribution in [0.25, 0.3) is 0 Å². The van der Waals surface area contributed by atoms with E-state index in [1.807, 2.05) is 39.0 Å². The van der Waals surface area contributed by atoms with Crippen LogP contribution in [0.2, 0.25) is 5.02 Å². The molecule has 0 unspecified atom stereocenters. The Morgan fingerprint density at radius 3 is 2.53 bits per heavy atom. The van der Waals surface area contributed by atoms with Crippen molar-refractivity contribution in [1.82, 2.24) is 10.6 Å². The molecule has 2 aliphatic heterocycles. The first-order valence-corrected chi connectivity index (χ1v) is 15.5. The van der Waals surface area contributed by atoms with E-state index >= 15 is 0 Å². The van der Waals surface area contributed by atoms with E-state index < -0.39 is 59.8 Å². The minimum Gasteiger partial charge on any atom is -0.495 e. The second-order valence-corrected chi connectivity index (χ2v) is 12.6. The first-order chi connectivity index (χ1) is 21.0. The number of esters is 1. The molecule has 2 heterocycles. The summed E-state index contributed by atoms with van der Waals surface area (Å²) in [6, 6.07) is 3.04. The van der Waals surface area contributed by atoms with Gasteiger partial charge in [-0.15, -0.1) is 0 Å². The molecule has 13 heteroatoms. The molecule has 8 atom stereocenters. The van der Waals surface area contributed by atoms with Gasteiger partial charge in [0.1, 0.15) is 40.7 Å². The van der Waals surface area contributed by atoms with Crippen LogP contribution in [0.5, 0.6) is 5.75 Å². The van der Waals surface area contributed by atoms with Gasteiger partial charge >= 0.3 is 12.1 Å². The second-order valence-electron chi connectivity index (χ2n) is 12.2. The predicted octanol–water partition coefficient (Wildman–Crippen LogP) is 3.75. The number of nitrogens with zero attached hydrogens (tertiary/aromatic N) is 1. The number of likely N-dealkylation sites (N-methyl/N-ethyl adjacent to an activating group) is 1. The number of hydrogen-bond acceptors (Lipinski definition) is 10. The zero-order valence-corrected chi connectivity index (χ0v) is 28.6. The lowest BCUT2D eigenvalue weighted by molar-refractivity contribution is -0.155. The summed E-state index contributed by atoms with van der Waals surface area (Å²) in [5.74, 6) is -0.920. The number of nitrogens with one attached hydrogen (secondary N) is 2. The van der Waals surface area contributed by atoms with Crippen LogP contribution >= 0.6 is 11.6 Å². The van der Waals surface area contributed by atoms with Gasteiger partial charge in [-0.25, -0.2) is 4.79 Å². The van der Waals surface area contributed by atoms with Gasteiger partial charge in [0.2, 0.25) is 5.91 Å². The van der Waals surface area contributed by atoms with Gasteiger partial charge in [0.15, 0.2) is 5.72 Å². The molecule has 2 saturated heterocycles. The molecule has 0 aliphatic carbocycles. The number of alkyl carbamates (subject to hydrolysis) is 1. The van der Waals surface area contributed by atoms with Crippen LogP contribution < -0.4 is 20.3 Å². The average Bonchev–Trinajstić information content (AvgIpc) is 3.71. The molecule has 45 heavy (non-hydrogen) atoms. The third kappa shape index (κ3) is 8.10. The van der Waals surface area contributed by atoms with E-state index in [1.54, 1.807) is 34.9 Å². The Labute approximate surface area is 270 Å². The molecule has 0 radical (unpaired) electrons. The summed E-state index contributed by atoms with van der Waals surface area (Å²) in [6.07, 6.45) is -1.31. The highest BCUT2D eigenvalue weighted by Gasteiger charge is 2.64. The van der Waals surface area contributed by atoms with Crippen LogP contribution in [0, 0.1) is 5.92 Å². The molecule has 0 bridgehead atoms. The summed E-state index contributed by atoms with van der Waals surface area (Å²) >= 11 is 6.66. The monoisotopic (exact) mass is 653 g/mol. The third-order valence-corrected chi connectivity index (χ3v) is 9.50. The summed E-state index contributed by atoms with van der Waals surface area (Å²) in [7, 11) is 6.19. The molecule has 2 amide bonds. The Kier molecular flexibility index (Phi) is 11.9. The number of cyclic esters (lactones) is 1. The van der Waals surface area contributed by atoms with Crippen LogP contribution in [-0.2, 0) is 35.0 Å². The number of amides is 2. The number of carbonyl (C=O) groups is 3. The van der Waals surface area contributed by atoms with E-state index in [1.165, 1.54) is 19.1 Å². The second kappa shape index (κ2) is 14.7. The Morgan fingerprint density at radius 2 is 1.96 bits per heavy atom. The molecule has 3 rings (SSSR count). The van der Waals surface area contributed by atoms with Crippen molar-refractivity contribution >= 4 is 35.3 Å². The smallest absolute Gasteiger partial charge is 0.409 e. The lowest BCUT2D eigenvalue weighted by atomic mass is 9.84. The number of halogens is 1. The highest BCUT2D eigenvalue weighted by Crippen LogP contribution is 2.49. The first-order valence-electron chi connectivity index (χ1n) is 15.1. The van der Waals surface area contributed by atoms with Crippen LogP contribution in [0.1, 0.15) is 59.9 Å². The van der Waals surface area contributed by atoms with Gasteiger partial charge in [0, 0.05) is 26.5 Å². The fraction of sp³-hybridized carbons (Fsp3) is 0.656. The van der Waals surface area contributed by atoms with Crippen molar-refractivity contribution < 1.29 is 43.2 Å². The molecular weight excluding hydrogens is 606 g/mol. The highest BCUT2D eigenvalue weighted by atomic mass is 35.5. The predicted molar refractivity (Wildman–Crippen MR) is 169 cm³/mol. The van der Waals surface area contributed by atoms with Crippen molar-refractivity contribution in [1.29, 1.82) is 0 Å². The van der Waals surface area contributed by atoms with Crippen molar-refractivity contribution in [2.24, 2.45) is 5.92 Å². The first kappa shape index (κ1) is 36.6. The maximum Gasteiger partial charge on any atom is 0.409 e. The highest BCUT2D eigenvalue weighted by molar-refractivity contribution is 6.35. The summed E-state index contributed by atoms with van der Waals surface area (Å²) in [4.78, 5) is 40.6. The fourth-order valence-electron chi connectivity index (χ4n) is 5.53. The number of carbonyl (C=O) groups excluding carboxylic acids is 3. The number of rotatable bonds is 14. The van der Waals surface area contributed by atoms with E-state index in [9.17, 15) is 19.5 Å². The quantitative estimate of drug-likeness (QED) is 0.154. The zero-order chi connectivity index (χ0) is 33.9. The van der Waals surface area contributed by atoms with Gasteiger partial charge in [-0.3, -0.25) is 14.9 Å². The molecule has 1 aromatic rings. The molecule has 0 saturated carbocycles. The van der Waals surface area contributed by atoms with E-state index in [2.05, 4.69) is 10.6 Å². The van der Waals surface area contributed by atoms with Gasteiger partial charge in [-0.1, -0.05) is 30.2 Å². The topological polar surface area (TPSA) is 148 Å². The molecule has 3 N–H and O–H groups in total. The van der Waals surface area contributed by atoms with Gasteiger partial charge in [0.05, 0.1) is 25.3 Å². The number of benzene rings is 1. The molecule has 12 nitrogen and oxygen atoms in total. The molecule has 2 fully saturated rings. The maximum atomic E-state index is 13.8. The number of allylic oxidation sites excluding steroid dienone is 2. The molecule has 0 spiro atoms. The van der Waals surface area contributed by atoms with Crippen LogP contribution in [0.4, 0.5) is 10.5 Å². The SMILES string of the molecule is C/C=C(\C)Cc1cc(OC)c(Cl)c(N(C)C(=O)C[C@H](OC(=O)[C@H](C)NC)[C@]2(C)O[C@H]2[C@H](C)[C@@H]2C[C@](O)([C@@H](C)OC)NC(=O)O2)c1. The average molecular weight is 654 g/mol.